The van der Waals surface area contributed by atoms with Crippen molar-refractivity contribution in [2.45, 2.75) is 6.61 Å². The number of thiophene rings is 1. The van der Waals surface area contributed by atoms with Crippen LogP contribution in [0.1, 0.15) is 15.9 Å². The summed E-state index contributed by atoms with van der Waals surface area (Å²) in [7, 11) is 0. The predicted octanol–water partition coefficient (Wildman–Crippen LogP) is 5.23. The van der Waals surface area contributed by atoms with Crippen molar-refractivity contribution in [2.24, 2.45) is 0 Å². The van der Waals surface area contributed by atoms with E-state index in [4.69, 9.17) is 16.3 Å². The summed E-state index contributed by atoms with van der Waals surface area (Å²) in [6.07, 6.45) is 0. The highest BCUT2D eigenvalue weighted by Gasteiger charge is 2.07. The number of rotatable bonds is 5. The van der Waals surface area contributed by atoms with Gasteiger partial charge in [-0.05, 0) is 52.7 Å². The van der Waals surface area contributed by atoms with Gasteiger partial charge in [0.05, 0.1) is 0 Å². The van der Waals surface area contributed by atoms with E-state index >= 15 is 0 Å². The van der Waals surface area contributed by atoms with E-state index in [1.807, 2.05) is 35.0 Å². The number of nitrogens with one attached hydrogen (secondary N) is 1. The molecule has 0 spiro atoms. The quantitative estimate of drug-likeness (QED) is 0.688. The molecule has 2 aromatic carbocycles. The summed E-state index contributed by atoms with van der Waals surface area (Å²) in [4.78, 5) is 12.2. The summed E-state index contributed by atoms with van der Waals surface area (Å²) in [5.74, 6) is 0.502. The van der Waals surface area contributed by atoms with Crippen molar-refractivity contribution in [3.05, 3.63) is 81.5 Å². The van der Waals surface area contributed by atoms with Crippen LogP contribution in [-0.2, 0) is 6.61 Å². The van der Waals surface area contributed by atoms with Crippen LogP contribution in [0, 0.1) is 0 Å². The highest BCUT2D eigenvalue weighted by molar-refractivity contribution is 7.07. The van der Waals surface area contributed by atoms with E-state index in [1.165, 1.54) is 0 Å². The van der Waals surface area contributed by atoms with E-state index in [1.54, 1.807) is 41.7 Å². The van der Waals surface area contributed by atoms with Crippen LogP contribution in [0.5, 0.6) is 5.75 Å². The number of ether oxygens (including phenoxy) is 1. The minimum Gasteiger partial charge on any atom is -0.489 e. The number of benzene rings is 2. The van der Waals surface area contributed by atoms with Gasteiger partial charge in [-0.25, -0.2) is 0 Å². The molecule has 23 heavy (non-hydrogen) atoms. The average molecular weight is 344 g/mol. The van der Waals surface area contributed by atoms with Gasteiger partial charge in [0.15, 0.2) is 0 Å². The van der Waals surface area contributed by atoms with Crippen LogP contribution >= 0.6 is 22.9 Å². The highest BCUT2D eigenvalue weighted by atomic mass is 35.5. The molecule has 0 radical (unpaired) electrons. The summed E-state index contributed by atoms with van der Waals surface area (Å²) < 4.78 is 5.73. The first-order valence-corrected chi connectivity index (χ1v) is 8.34. The van der Waals surface area contributed by atoms with Crippen molar-refractivity contribution in [1.29, 1.82) is 0 Å². The van der Waals surface area contributed by atoms with Gasteiger partial charge in [0.25, 0.3) is 5.91 Å². The second-order valence-corrected chi connectivity index (χ2v) is 6.13. The fourth-order valence-corrected chi connectivity index (χ4v) is 2.88. The molecule has 1 heterocycles. The summed E-state index contributed by atoms with van der Waals surface area (Å²) in [5, 5.41) is 7.44. The van der Waals surface area contributed by atoms with Gasteiger partial charge in [-0.1, -0.05) is 23.7 Å². The van der Waals surface area contributed by atoms with Crippen molar-refractivity contribution in [2.75, 3.05) is 5.32 Å². The van der Waals surface area contributed by atoms with E-state index in [-0.39, 0.29) is 5.91 Å². The Balaban J connectivity index is 1.66. The minimum absolute atomic E-state index is 0.206. The van der Waals surface area contributed by atoms with Crippen LogP contribution in [0.25, 0.3) is 0 Å². The first-order chi connectivity index (χ1) is 11.2. The average Bonchev–Trinajstić information content (AvgIpc) is 3.07. The van der Waals surface area contributed by atoms with E-state index in [0.717, 1.165) is 5.56 Å². The van der Waals surface area contributed by atoms with Gasteiger partial charge in [-0.2, -0.15) is 11.3 Å². The maximum absolute atomic E-state index is 12.2. The molecule has 0 saturated heterocycles. The second kappa shape index (κ2) is 7.31. The summed E-state index contributed by atoms with van der Waals surface area (Å²) in [6, 6.07) is 16.2. The molecule has 0 bridgehead atoms. The van der Waals surface area contributed by atoms with Crippen molar-refractivity contribution in [3.63, 3.8) is 0 Å². The Bertz CT molecular complexity index is 802. The maximum atomic E-state index is 12.2. The van der Waals surface area contributed by atoms with Crippen molar-refractivity contribution in [1.82, 2.24) is 0 Å². The molecule has 0 atom stereocenters. The van der Waals surface area contributed by atoms with Crippen molar-refractivity contribution >= 4 is 34.5 Å². The Labute approximate surface area is 143 Å². The minimum atomic E-state index is -0.206. The SMILES string of the molecule is O=C(Nc1cccc(OCc2ccsc2)c1)c1cccc(Cl)c1. The summed E-state index contributed by atoms with van der Waals surface area (Å²) >= 11 is 7.55. The molecule has 0 fully saturated rings. The molecule has 3 aromatic rings. The Morgan fingerprint density at radius 3 is 2.78 bits per heavy atom. The molecule has 1 N–H and O–H groups in total. The third-order valence-corrected chi connectivity index (χ3v) is 4.13. The van der Waals surface area contributed by atoms with Crippen LogP contribution in [0.2, 0.25) is 5.02 Å². The third-order valence-electron chi connectivity index (χ3n) is 3.16. The number of hydrogen-bond donors (Lipinski definition) is 1. The fraction of sp³-hybridized carbons (Fsp3) is 0.0556. The molecule has 0 unspecified atom stereocenters. The lowest BCUT2D eigenvalue weighted by Gasteiger charge is -2.09. The Hall–Kier alpha value is -2.30. The largest absolute Gasteiger partial charge is 0.489 e. The van der Waals surface area contributed by atoms with Crippen LogP contribution < -0.4 is 10.1 Å². The lowest BCUT2D eigenvalue weighted by molar-refractivity contribution is 0.102. The topological polar surface area (TPSA) is 38.3 Å². The van der Waals surface area contributed by atoms with E-state index in [0.29, 0.717) is 28.6 Å². The Kier molecular flexibility index (Phi) is 4.95. The molecule has 1 amide bonds. The lowest BCUT2D eigenvalue weighted by Crippen LogP contribution is -2.11. The third kappa shape index (κ3) is 4.34. The predicted molar refractivity (Wildman–Crippen MR) is 94.5 cm³/mol. The van der Waals surface area contributed by atoms with Crippen LogP contribution in [0.3, 0.4) is 0 Å². The van der Waals surface area contributed by atoms with Crippen LogP contribution in [-0.4, -0.2) is 5.91 Å². The van der Waals surface area contributed by atoms with Gasteiger partial charge in [-0.15, -0.1) is 0 Å². The molecule has 3 rings (SSSR count). The molecule has 3 nitrogen and oxygen atoms in total. The van der Waals surface area contributed by atoms with Crippen LogP contribution in [0.4, 0.5) is 5.69 Å². The first-order valence-electron chi connectivity index (χ1n) is 7.01. The fourth-order valence-electron chi connectivity index (χ4n) is 2.04. The van der Waals surface area contributed by atoms with Crippen LogP contribution in [0.15, 0.2) is 65.4 Å². The molecule has 0 saturated carbocycles. The molecule has 0 aliphatic carbocycles. The number of carbonyl (C=O) groups excluding carboxylic acids is 1. The van der Waals surface area contributed by atoms with Gasteiger partial charge in [0.1, 0.15) is 12.4 Å². The standard InChI is InChI=1S/C18H14ClNO2S/c19-15-4-1-3-14(9-15)18(21)20-16-5-2-6-17(10-16)22-11-13-7-8-23-12-13/h1-10,12H,11H2,(H,20,21). The zero-order valence-electron chi connectivity index (χ0n) is 12.2. The Morgan fingerprint density at radius 1 is 1.13 bits per heavy atom. The zero-order chi connectivity index (χ0) is 16.1. The molecule has 0 aliphatic heterocycles. The van der Waals surface area contributed by atoms with E-state index in [9.17, 15) is 4.79 Å². The highest BCUT2D eigenvalue weighted by Crippen LogP contribution is 2.20. The number of amides is 1. The van der Waals surface area contributed by atoms with E-state index < -0.39 is 0 Å². The van der Waals surface area contributed by atoms with Gasteiger partial charge < -0.3 is 10.1 Å². The first kappa shape index (κ1) is 15.6. The Morgan fingerprint density at radius 2 is 2.00 bits per heavy atom. The number of hydrogen-bond acceptors (Lipinski definition) is 3. The number of anilines is 1. The molecule has 0 aliphatic rings. The number of halogens is 1. The maximum Gasteiger partial charge on any atom is 0.255 e. The monoisotopic (exact) mass is 343 g/mol. The van der Waals surface area contributed by atoms with E-state index in [2.05, 4.69) is 5.32 Å². The van der Waals surface area contributed by atoms with Crippen molar-refractivity contribution in [3.8, 4) is 5.75 Å². The molecule has 5 heteroatoms. The molecular weight excluding hydrogens is 330 g/mol. The normalized spacial score (nSPS) is 10.3. The van der Waals surface area contributed by atoms with Gasteiger partial charge in [-0.3, -0.25) is 4.79 Å². The summed E-state index contributed by atoms with van der Waals surface area (Å²) in [6.45, 7) is 0.509. The summed E-state index contributed by atoms with van der Waals surface area (Å²) in [5.41, 5.74) is 2.32. The lowest BCUT2D eigenvalue weighted by atomic mass is 10.2. The molecule has 1 aromatic heterocycles. The van der Waals surface area contributed by atoms with Gasteiger partial charge in [0, 0.05) is 22.3 Å². The molecular formula is C18H14ClNO2S. The smallest absolute Gasteiger partial charge is 0.255 e. The van der Waals surface area contributed by atoms with Gasteiger partial charge in [0.2, 0.25) is 0 Å². The number of carbonyl (C=O) groups is 1. The second-order valence-electron chi connectivity index (χ2n) is 4.91. The van der Waals surface area contributed by atoms with Crippen molar-refractivity contribution < 1.29 is 9.53 Å². The zero-order valence-corrected chi connectivity index (χ0v) is 13.7. The molecule has 116 valence electrons. The van der Waals surface area contributed by atoms with Gasteiger partial charge >= 0.3 is 0 Å².